The molecule has 0 radical (unpaired) electrons. The number of rotatable bonds is 11. The zero-order valence-corrected chi connectivity index (χ0v) is 27.2. The van der Waals surface area contributed by atoms with Gasteiger partial charge in [-0.1, -0.05) is 54.6 Å². The first kappa shape index (κ1) is 33.5. The summed E-state index contributed by atoms with van der Waals surface area (Å²) in [6, 6.07) is 29.7. The normalized spacial score (nSPS) is 13.3. The first-order valence-electron chi connectivity index (χ1n) is 14.9. The summed E-state index contributed by atoms with van der Waals surface area (Å²) >= 11 is 1.27. The lowest BCUT2D eigenvalue weighted by molar-refractivity contribution is -0.119. The molecule has 0 saturated heterocycles. The van der Waals surface area contributed by atoms with Crippen LogP contribution in [0.2, 0.25) is 0 Å². The molecule has 11 nitrogen and oxygen atoms in total. The molecule has 0 fully saturated rings. The molecule has 0 aliphatic carbocycles. The van der Waals surface area contributed by atoms with Gasteiger partial charge in [-0.25, -0.2) is 0 Å². The molecule has 0 spiro atoms. The van der Waals surface area contributed by atoms with Crippen LogP contribution in [0, 0.1) is 0 Å². The zero-order chi connectivity index (χ0) is 34.0. The topological polar surface area (TPSA) is 138 Å². The van der Waals surface area contributed by atoms with Crippen molar-refractivity contribution in [2.45, 2.75) is 23.5 Å². The van der Waals surface area contributed by atoms with Crippen LogP contribution in [0.25, 0.3) is 6.08 Å². The average Bonchev–Trinajstić information content (AvgIpc) is 3.47. The Morgan fingerprint density at radius 3 is 2.29 bits per heavy atom. The molecule has 0 saturated carbocycles. The quantitative estimate of drug-likeness (QED) is 0.143. The average molecular weight is 664 g/mol. The number of para-hydroxylation sites is 2. The van der Waals surface area contributed by atoms with E-state index in [2.05, 4.69) is 21.1 Å². The van der Waals surface area contributed by atoms with Crippen LogP contribution in [-0.2, 0) is 14.4 Å². The van der Waals surface area contributed by atoms with Crippen LogP contribution >= 0.6 is 11.8 Å². The number of carbonyl (C=O) groups is 4. The summed E-state index contributed by atoms with van der Waals surface area (Å²) in [5.41, 5.74) is 1.92. The second-order valence-corrected chi connectivity index (χ2v) is 11.9. The number of hydrogen-bond acceptors (Lipinski definition) is 8. The minimum absolute atomic E-state index is 0.0160. The first-order chi connectivity index (χ1) is 23.2. The van der Waals surface area contributed by atoms with Crippen molar-refractivity contribution in [3.8, 4) is 11.5 Å². The monoisotopic (exact) mass is 663 g/mol. The van der Waals surface area contributed by atoms with E-state index in [0.29, 0.717) is 38.9 Å². The summed E-state index contributed by atoms with van der Waals surface area (Å²) in [6.07, 6.45) is 1.50. The minimum atomic E-state index is -0.580. The number of methoxy groups -OCH3 is 2. The van der Waals surface area contributed by atoms with E-state index >= 15 is 0 Å². The predicted octanol–water partition coefficient (Wildman–Crippen LogP) is 5.46. The van der Waals surface area contributed by atoms with E-state index < -0.39 is 17.1 Å². The number of hydrazone groups is 1. The summed E-state index contributed by atoms with van der Waals surface area (Å²) < 4.78 is 10.9. The number of hydrogen-bond donors (Lipinski definition) is 3. The fourth-order valence-corrected chi connectivity index (χ4v) is 5.67. The molecule has 1 aliphatic rings. The van der Waals surface area contributed by atoms with Crippen LogP contribution in [0.15, 0.2) is 119 Å². The summed E-state index contributed by atoms with van der Waals surface area (Å²) in [5, 5.41) is 13.3. The third kappa shape index (κ3) is 8.28. The van der Waals surface area contributed by atoms with E-state index in [1.807, 2.05) is 12.1 Å². The molecule has 1 unspecified atom stereocenters. The van der Waals surface area contributed by atoms with Crippen molar-refractivity contribution in [1.29, 1.82) is 0 Å². The lowest BCUT2D eigenvalue weighted by Crippen LogP contribution is -2.35. The fourth-order valence-electron chi connectivity index (χ4n) is 4.74. The van der Waals surface area contributed by atoms with E-state index in [1.165, 1.54) is 37.1 Å². The lowest BCUT2D eigenvalue weighted by Gasteiger charge is -2.15. The maximum Gasteiger partial charge on any atom is 0.272 e. The Kier molecular flexibility index (Phi) is 10.9. The minimum Gasteiger partial charge on any atom is -0.493 e. The van der Waals surface area contributed by atoms with E-state index in [4.69, 9.17) is 9.47 Å². The number of amidine groups is 1. The largest absolute Gasteiger partial charge is 0.493 e. The number of benzene rings is 4. The van der Waals surface area contributed by atoms with E-state index in [0.717, 1.165) is 0 Å². The van der Waals surface area contributed by atoms with Crippen molar-refractivity contribution in [2.24, 2.45) is 5.10 Å². The molecule has 4 amide bonds. The molecule has 5 rings (SSSR count). The highest BCUT2D eigenvalue weighted by Gasteiger charge is 2.27. The zero-order valence-electron chi connectivity index (χ0n) is 26.4. The highest BCUT2D eigenvalue weighted by molar-refractivity contribution is 8.00. The SMILES string of the molecule is COc1cccc(/C=C(/NC(=O)c2ccccc2)C(=O)Nc2cccc(SC(C)C(=O)NC3=NN(c4ccccc4)C(=O)C3)c2)c1OC. The van der Waals surface area contributed by atoms with Gasteiger partial charge in [-0.05, 0) is 61.5 Å². The van der Waals surface area contributed by atoms with Crippen molar-refractivity contribution in [1.82, 2.24) is 10.6 Å². The number of nitrogens with zero attached hydrogens (tertiary/aromatic N) is 2. The van der Waals surface area contributed by atoms with Gasteiger partial charge in [0.2, 0.25) is 5.91 Å². The predicted molar refractivity (Wildman–Crippen MR) is 186 cm³/mol. The van der Waals surface area contributed by atoms with Gasteiger partial charge in [0.05, 0.1) is 31.6 Å². The Morgan fingerprint density at radius 2 is 1.58 bits per heavy atom. The molecular formula is C36H33N5O6S. The van der Waals surface area contributed by atoms with Crippen LogP contribution in [-0.4, -0.2) is 48.9 Å². The number of ether oxygens (including phenoxy) is 2. The van der Waals surface area contributed by atoms with E-state index in [1.54, 1.807) is 97.9 Å². The second-order valence-electron chi connectivity index (χ2n) is 10.5. The van der Waals surface area contributed by atoms with Crippen LogP contribution in [0.4, 0.5) is 11.4 Å². The molecule has 1 aliphatic heterocycles. The molecule has 4 aromatic carbocycles. The van der Waals surface area contributed by atoms with Gasteiger partial charge in [-0.2, -0.15) is 10.1 Å². The number of carbonyl (C=O) groups excluding carboxylic acids is 4. The summed E-state index contributed by atoms with van der Waals surface area (Å²) in [7, 11) is 3.00. The standard InChI is InChI=1S/C36H33N5O6S/c1-23(34(43)39-31-22-32(42)41(40-31)27-16-8-5-9-17-27)48-28-18-11-15-26(21-28)37-36(45)29(38-35(44)24-12-6-4-7-13-24)20-25-14-10-19-30(46-2)33(25)47-3/h4-21,23H,22H2,1-3H3,(H,37,45)(H,38,44)(H,39,40,43)/b29-20+. The molecule has 0 aromatic heterocycles. The Morgan fingerprint density at radius 1 is 0.875 bits per heavy atom. The van der Waals surface area contributed by atoms with Crippen molar-refractivity contribution in [2.75, 3.05) is 24.5 Å². The van der Waals surface area contributed by atoms with Crippen LogP contribution in [0.1, 0.15) is 29.3 Å². The van der Waals surface area contributed by atoms with Crippen molar-refractivity contribution in [3.63, 3.8) is 0 Å². The maximum atomic E-state index is 13.6. The second kappa shape index (κ2) is 15.6. The van der Waals surface area contributed by atoms with Gasteiger partial charge < -0.3 is 25.4 Å². The van der Waals surface area contributed by atoms with Crippen LogP contribution in [0.3, 0.4) is 0 Å². The molecule has 4 aromatic rings. The molecule has 1 heterocycles. The molecule has 3 N–H and O–H groups in total. The maximum absolute atomic E-state index is 13.6. The number of amides is 4. The van der Waals surface area contributed by atoms with Crippen molar-refractivity contribution in [3.05, 3.63) is 120 Å². The third-order valence-corrected chi connectivity index (χ3v) is 8.17. The molecule has 1 atom stereocenters. The number of anilines is 2. The lowest BCUT2D eigenvalue weighted by atomic mass is 10.1. The molecule has 244 valence electrons. The molecular weight excluding hydrogens is 630 g/mol. The number of nitrogens with one attached hydrogen (secondary N) is 3. The van der Waals surface area contributed by atoms with Gasteiger partial charge in [-0.15, -0.1) is 11.8 Å². The molecule has 48 heavy (non-hydrogen) atoms. The molecule has 0 bridgehead atoms. The summed E-state index contributed by atoms with van der Waals surface area (Å²) in [6.45, 7) is 1.74. The highest BCUT2D eigenvalue weighted by atomic mass is 32.2. The van der Waals surface area contributed by atoms with Gasteiger partial charge in [0.15, 0.2) is 11.5 Å². The Labute approximate surface area is 282 Å². The van der Waals surface area contributed by atoms with Crippen molar-refractivity contribution >= 4 is 58.7 Å². The first-order valence-corrected chi connectivity index (χ1v) is 15.8. The molecule has 12 heteroatoms. The van der Waals surface area contributed by atoms with Crippen molar-refractivity contribution < 1.29 is 28.7 Å². The Balaban J connectivity index is 1.30. The Hall–Kier alpha value is -5.88. The van der Waals surface area contributed by atoms with Gasteiger partial charge >= 0.3 is 0 Å². The van der Waals surface area contributed by atoms with E-state index in [-0.39, 0.29) is 29.8 Å². The van der Waals surface area contributed by atoms with Crippen LogP contribution < -0.4 is 30.4 Å². The fraction of sp³-hybridized carbons (Fsp3) is 0.139. The third-order valence-electron chi connectivity index (χ3n) is 7.08. The van der Waals surface area contributed by atoms with Gasteiger partial charge in [0.25, 0.3) is 17.7 Å². The summed E-state index contributed by atoms with van der Waals surface area (Å²) in [5.74, 6) is -0.483. The van der Waals surface area contributed by atoms with Gasteiger partial charge in [0.1, 0.15) is 11.5 Å². The highest BCUT2D eigenvalue weighted by Crippen LogP contribution is 2.32. The van der Waals surface area contributed by atoms with Gasteiger partial charge in [0, 0.05) is 21.7 Å². The Bertz CT molecular complexity index is 1880. The smallest absolute Gasteiger partial charge is 0.272 e. The van der Waals surface area contributed by atoms with Crippen LogP contribution in [0.5, 0.6) is 11.5 Å². The van der Waals surface area contributed by atoms with Gasteiger partial charge in [-0.3, -0.25) is 19.2 Å². The van der Waals surface area contributed by atoms with E-state index in [9.17, 15) is 19.2 Å². The number of thioether (sulfide) groups is 1. The summed E-state index contributed by atoms with van der Waals surface area (Å²) in [4.78, 5) is 52.9.